The molecule has 0 spiro atoms. The number of imidazole rings is 1. The lowest BCUT2D eigenvalue weighted by Gasteiger charge is -2.28. The van der Waals surface area contributed by atoms with Crippen LogP contribution in [0.25, 0.3) is 11.2 Å². The van der Waals surface area contributed by atoms with Gasteiger partial charge in [0.1, 0.15) is 30.2 Å². The van der Waals surface area contributed by atoms with Gasteiger partial charge in [0, 0.05) is 23.2 Å². The highest BCUT2D eigenvalue weighted by atomic mass is 19.4. The summed E-state index contributed by atoms with van der Waals surface area (Å²) in [5, 5.41) is 2.68. The van der Waals surface area contributed by atoms with Crippen LogP contribution in [0.15, 0.2) is 97.6 Å². The van der Waals surface area contributed by atoms with Crippen LogP contribution in [0.3, 0.4) is 0 Å². The van der Waals surface area contributed by atoms with Gasteiger partial charge in [-0.05, 0) is 26.0 Å². The van der Waals surface area contributed by atoms with Crippen LogP contribution in [0.2, 0.25) is 0 Å². The summed E-state index contributed by atoms with van der Waals surface area (Å²) in [6, 6.07) is 19.3. The number of hydrogen-bond acceptors (Lipinski definition) is 11. The number of benzene rings is 3. The van der Waals surface area contributed by atoms with Gasteiger partial charge >= 0.3 is 12.0 Å². The molecule has 5 heterocycles. The van der Waals surface area contributed by atoms with Crippen LogP contribution >= 0.6 is 0 Å². The average Bonchev–Trinajstić information content (AvgIpc) is 3.90. The summed E-state index contributed by atoms with van der Waals surface area (Å²) in [5.74, 6) is -5.67. The van der Waals surface area contributed by atoms with Gasteiger partial charge in [-0.2, -0.15) is 13.2 Å². The molecule has 3 N–H and O–H groups in total. The van der Waals surface area contributed by atoms with E-state index in [0.717, 1.165) is 12.1 Å². The van der Waals surface area contributed by atoms with Crippen LogP contribution in [-0.2, 0) is 20.0 Å². The summed E-state index contributed by atoms with van der Waals surface area (Å²) in [7, 11) is 0. The minimum absolute atomic E-state index is 0.0850. The zero-order valence-electron chi connectivity index (χ0n) is 28.1. The lowest BCUT2D eigenvalue weighted by molar-refractivity contribution is -0.191. The average molecular weight is 729 g/mol. The molecule has 5 aromatic rings. The standard InChI is InChI=1S/C37H31F3N6O7/c1-35(2)51-28-24(49-34(29(28)52-35)46-19-45-26-31(41)43-18-44-32(26)46)14-9-15-42-33(48)23-16-20(30(47)37(38,39)40)17-25-27(23)53-36(50-25,21-10-5-3-6-11-21)22-12-7-4-8-13-22/h3-14,16-19,24,28-29,34H,15H2,1-2H3,(H,42,48)(H2,41,43,44)/b14-9+/t24-,28?,29+,34-/m1/s1. The number of halogens is 3. The maximum absolute atomic E-state index is 13.8. The SMILES string of the molecule is CC1(C)OC2[C@@H](/C=C/CNC(=O)c3cc(C(=O)C(F)(F)F)cc4c3OC(c3ccccc3)(c3ccccc3)O4)O[C@@H](n3cnc4c(N)ncnc43)[C@H]2O1. The molecule has 16 heteroatoms. The zero-order valence-corrected chi connectivity index (χ0v) is 28.1. The molecule has 272 valence electrons. The molecular formula is C37H31F3N6O7. The Morgan fingerprint density at radius 1 is 0.943 bits per heavy atom. The Balaban J connectivity index is 1.06. The number of nitrogens with two attached hydrogens (primary N) is 1. The largest absolute Gasteiger partial charge is 0.454 e. The first-order valence-corrected chi connectivity index (χ1v) is 16.5. The summed E-state index contributed by atoms with van der Waals surface area (Å²) in [5.41, 5.74) is 6.74. The quantitative estimate of drug-likeness (QED) is 0.159. The molecule has 53 heavy (non-hydrogen) atoms. The van der Waals surface area contributed by atoms with Crippen LogP contribution in [-0.4, -0.2) is 68.0 Å². The molecule has 1 amide bonds. The molecule has 2 saturated heterocycles. The number of carbonyl (C=O) groups is 2. The molecular weight excluding hydrogens is 697 g/mol. The third-order valence-electron chi connectivity index (χ3n) is 9.06. The second-order valence-electron chi connectivity index (χ2n) is 13.0. The summed E-state index contributed by atoms with van der Waals surface area (Å²) < 4.78 is 74.1. The van der Waals surface area contributed by atoms with Crippen molar-refractivity contribution in [3.05, 3.63) is 120 Å². The van der Waals surface area contributed by atoms with E-state index < -0.39 is 59.5 Å². The molecule has 0 bridgehead atoms. The Labute approximate surface area is 299 Å². The fourth-order valence-electron chi connectivity index (χ4n) is 6.78. The summed E-state index contributed by atoms with van der Waals surface area (Å²) in [4.78, 5) is 38.8. The van der Waals surface area contributed by atoms with E-state index in [1.165, 1.54) is 12.7 Å². The molecule has 3 aliphatic rings. The van der Waals surface area contributed by atoms with Crippen LogP contribution in [0, 0.1) is 0 Å². The highest BCUT2D eigenvalue weighted by Crippen LogP contribution is 2.50. The number of hydrogen-bond donors (Lipinski definition) is 2. The van der Waals surface area contributed by atoms with Crippen molar-refractivity contribution in [3.63, 3.8) is 0 Å². The highest BCUT2D eigenvalue weighted by Gasteiger charge is 2.55. The number of fused-ring (bicyclic) bond motifs is 3. The third kappa shape index (κ3) is 6.03. The molecule has 1 unspecified atom stereocenters. The Morgan fingerprint density at radius 3 is 2.30 bits per heavy atom. The Morgan fingerprint density at radius 2 is 1.62 bits per heavy atom. The van der Waals surface area contributed by atoms with E-state index in [4.69, 9.17) is 29.4 Å². The highest BCUT2D eigenvalue weighted by molar-refractivity contribution is 6.05. The molecule has 3 aliphatic heterocycles. The number of nitrogens with one attached hydrogen (secondary N) is 1. The number of amides is 1. The number of ether oxygens (including phenoxy) is 5. The van der Waals surface area contributed by atoms with Crippen LogP contribution in [0.5, 0.6) is 11.5 Å². The lowest BCUT2D eigenvalue weighted by Crippen LogP contribution is -2.37. The number of nitrogens with zero attached hydrogens (tertiary/aromatic N) is 4. The number of carbonyl (C=O) groups excluding carboxylic acids is 2. The van der Waals surface area contributed by atoms with Gasteiger partial charge in [-0.25, -0.2) is 15.0 Å². The predicted molar refractivity (Wildman–Crippen MR) is 181 cm³/mol. The number of nitrogen functional groups attached to an aromatic ring is 1. The summed E-state index contributed by atoms with van der Waals surface area (Å²) in [6.07, 6.45) is -1.52. The van der Waals surface area contributed by atoms with E-state index in [2.05, 4.69) is 20.3 Å². The van der Waals surface area contributed by atoms with Gasteiger partial charge in [0.15, 0.2) is 35.0 Å². The van der Waals surface area contributed by atoms with Gasteiger partial charge in [-0.1, -0.05) is 72.8 Å². The molecule has 4 atom stereocenters. The van der Waals surface area contributed by atoms with E-state index in [-0.39, 0.29) is 29.4 Å². The van der Waals surface area contributed by atoms with Gasteiger partial charge in [0.2, 0.25) is 0 Å². The molecule has 13 nitrogen and oxygen atoms in total. The van der Waals surface area contributed by atoms with Crippen molar-refractivity contribution < 1.29 is 46.4 Å². The van der Waals surface area contributed by atoms with Crippen molar-refractivity contribution >= 4 is 28.7 Å². The van der Waals surface area contributed by atoms with Crippen molar-refractivity contribution in [2.45, 2.75) is 56.1 Å². The van der Waals surface area contributed by atoms with E-state index in [1.807, 2.05) is 0 Å². The first kappa shape index (κ1) is 34.3. The second kappa shape index (κ2) is 12.7. The van der Waals surface area contributed by atoms with Crippen LogP contribution in [0.1, 0.15) is 51.9 Å². The number of anilines is 1. The van der Waals surface area contributed by atoms with Crippen molar-refractivity contribution in [1.29, 1.82) is 0 Å². The molecule has 0 radical (unpaired) electrons. The van der Waals surface area contributed by atoms with Gasteiger partial charge < -0.3 is 34.7 Å². The minimum atomic E-state index is -5.21. The molecule has 2 aromatic heterocycles. The molecule has 0 aliphatic carbocycles. The monoisotopic (exact) mass is 728 g/mol. The number of aromatic nitrogens is 4. The van der Waals surface area contributed by atoms with E-state index in [0.29, 0.717) is 22.3 Å². The fraction of sp³-hybridized carbons (Fsp3) is 0.270. The maximum atomic E-state index is 13.8. The first-order valence-electron chi connectivity index (χ1n) is 16.5. The third-order valence-corrected chi connectivity index (χ3v) is 9.06. The smallest absolute Gasteiger partial charge is 0.440 e. The minimum Gasteiger partial charge on any atom is -0.440 e. The van der Waals surface area contributed by atoms with E-state index in [9.17, 15) is 22.8 Å². The second-order valence-corrected chi connectivity index (χ2v) is 13.0. The summed E-state index contributed by atoms with van der Waals surface area (Å²) in [6.45, 7) is 3.47. The van der Waals surface area contributed by atoms with Crippen LogP contribution < -0.4 is 20.5 Å². The number of Topliss-reactive ketones (excluding diaryl/α,β-unsaturated/α-hetero) is 1. The normalized spacial score (nSPS) is 22.7. The topological polar surface area (TPSA) is 162 Å². The van der Waals surface area contributed by atoms with Crippen molar-refractivity contribution in [2.75, 3.05) is 12.3 Å². The Kier molecular flexibility index (Phi) is 8.20. The Hall–Kier alpha value is -5.84. The van der Waals surface area contributed by atoms with Crippen LogP contribution in [0.4, 0.5) is 19.0 Å². The van der Waals surface area contributed by atoms with Crippen molar-refractivity contribution in [1.82, 2.24) is 24.8 Å². The Bertz CT molecular complexity index is 2210. The maximum Gasteiger partial charge on any atom is 0.454 e. The van der Waals surface area contributed by atoms with Crippen molar-refractivity contribution in [3.8, 4) is 11.5 Å². The fourth-order valence-corrected chi connectivity index (χ4v) is 6.78. The summed E-state index contributed by atoms with van der Waals surface area (Å²) >= 11 is 0. The number of rotatable bonds is 8. The zero-order chi connectivity index (χ0) is 37.1. The molecule has 8 rings (SSSR count). The van der Waals surface area contributed by atoms with E-state index >= 15 is 0 Å². The number of alkyl halides is 3. The lowest BCUT2D eigenvalue weighted by atomic mass is 9.97. The molecule has 2 fully saturated rings. The van der Waals surface area contributed by atoms with Gasteiger partial charge in [-0.15, -0.1) is 0 Å². The van der Waals surface area contributed by atoms with Gasteiger partial charge in [-0.3, -0.25) is 14.2 Å². The van der Waals surface area contributed by atoms with Gasteiger partial charge in [0.25, 0.3) is 11.7 Å². The van der Waals surface area contributed by atoms with E-state index in [1.54, 1.807) is 91.2 Å². The molecule has 0 saturated carbocycles. The predicted octanol–water partition coefficient (Wildman–Crippen LogP) is 5.23. The van der Waals surface area contributed by atoms with Crippen molar-refractivity contribution in [2.24, 2.45) is 0 Å². The van der Waals surface area contributed by atoms with Gasteiger partial charge in [0.05, 0.1) is 11.9 Å². The first-order chi connectivity index (χ1) is 25.3. The number of ketones is 1. The molecule has 3 aromatic carbocycles.